The van der Waals surface area contributed by atoms with Crippen LogP contribution in [0.3, 0.4) is 0 Å². The van der Waals surface area contributed by atoms with Gasteiger partial charge in [-0.3, -0.25) is 4.79 Å². The van der Waals surface area contributed by atoms with E-state index in [9.17, 15) is 4.79 Å². The van der Waals surface area contributed by atoms with Crippen LogP contribution in [0, 0.1) is 13.8 Å². The topological polar surface area (TPSA) is 64.7 Å². The van der Waals surface area contributed by atoms with Gasteiger partial charge in [0.25, 0.3) is 5.91 Å². The molecule has 0 fully saturated rings. The van der Waals surface area contributed by atoms with Crippen molar-refractivity contribution in [1.29, 1.82) is 0 Å². The van der Waals surface area contributed by atoms with Crippen molar-refractivity contribution in [2.75, 3.05) is 7.05 Å². The molecule has 0 aliphatic heterocycles. The number of hydrogen-bond donors (Lipinski definition) is 0. The Kier molecular flexibility index (Phi) is 6.06. The van der Waals surface area contributed by atoms with Gasteiger partial charge >= 0.3 is 0 Å². The summed E-state index contributed by atoms with van der Waals surface area (Å²) in [4.78, 5) is 19.3. The highest BCUT2D eigenvalue weighted by atomic mass is 16.5. The molecule has 0 spiro atoms. The Morgan fingerprint density at radius 3 is 2.46 bits per heavy atom. The van der Waals surface area contributed by atoms with Gasteiger partial charge in [-0.15, -0.1) is 0 Å². The van der Waals surface area contributed by atoms with Crippen LogP contribution in [0.4, 0.5) is 0 Å². The summed E-state index contributed by atoms with van der Waals surface area (Å²) >= 11 is 0. The number of pyridine rings is 1. The molecule has 7 nitrogen and oxygen atoms in total. The normalized spacial score (nSPS) is 11.1. The van der Waals surface area contributed by atoms with Crippen molar-refractivity contribution < 1.29 is 9.53 Å². The molecule has 0 bridgehead atoms. The molecule has 176 valence electrons. The van der Waals surface area contributed by atoms with E-state index >= 15 is 0 Å². The van der Waals surface area contributed by atoms with Crippen LogP contribution in [0.15, 0.2) is 85.2 Å². The SMILES string of the molecule is Cc1nn(-c2ccccc2)c(C)c1CN(C)C(=O)c1ccc(OCc2cn3ccccc3n2)cc1. The minimum absolute atomic E-state index is 0.0526. The van der Waals surface area contributed by atoms with Crippen molar-refractivity contribution >= 4 is 11.6 Å². The Labute approximate surface area is 204 Å². The Morgan fingerprint density at radius 1 is 0.971 bits per heavy atom. The number of imidazole rings is 1. The van der Waals surface area contributed by atoms with Crippen molar-refractivity contribution in [3.05, 3.63) is 113 Å². The van der Waals surface area contributed by atoms with E-state index in [1.54, 1.807) is 17.0 Å². The molecule has 0 saturated heterocycles. The van der Waals surface area contributed by atoms with Crippen LogP contribution in [-0.4, -0.2) is 37.0 Å². The molecule has 3 heterocycles. The molecule has 7 heteroatoms. The molecule has 0 radical (unpaired) electrons. The number of rotatable bonds is 7. The molecular weight excluding hydrogens is 438 g/mol. The predicted molar refractivity (Wildman–Crippen MR) is 135 cm³/mol. The fourth-order valence-corrected chi connectivity index (χ4v) is 4.16. The monoisotopic (exact) mass is 465 g/mol. The molecule has 0 unspecified atom stereocenters. The van der Waals surface area contributed by atoms with Gasteiger partial charge in [0.2, 0.25) is 0 Å². The van der Waals surface area contributed by atoms with Gasteiger partial charge in [0.05, 0.1) is 17.1 Å². The Morgan fingerprint density at radius 2 is 1.71 bits per heavy atom. The second-order valence-electron chi connectivity index (χ2n) is 8.57. The number of carbonyl (C=O) groups is 1. The zero-order valence-electron chi connectivity index (χ0n) is 20.0. The third-order valence-corrected chi connectivity index (χ3v) is 6.09. The van der Waals surface area contributed by atoms with Crippen LogP contribution in [0.5, 0.6) is 5.75 Å². The van der Waals surface area contributed by atoms with E-state index in [4.69, 9.17) is 9.84 Å². The molecule has 35 heavy (non-hydrogen) atoms. The van der Waals surface area contributed by atoms with E-state index in [1.807, 2.05) is 103 Å². The number of para-hydroxylation sites is 1. The Balaban J connectivity index is 1.23. The lowest BCUT2D eigenvalue weighted by molar-refractivity contribution is 0.0784. The predicted octanol–water partition coefficient (Wildman–Crippen LogP) is 4.99. The van der Waals surface area contributed by atoms with Crippen LogP contribution in [0.2, 0.25) is 0 Å². The van der Waals surface area contributed by atoms with Crippen molar-refractivity contribution in [2.24, 2.45) is 0 Å². The van der Waals surface area contributed by atoms with Gasteiger partial charge in [0, 0.05) is 42.8 Å². The minimum Gasteiger partial charge on any atom is -0.487 e. The van der Waals surface area contributed by atoms with Gasteiger partial charge in [0.1, 0.15) is 18.0 Å². The van der Waals surface area contributed by atoms with Gasteiger partial charge in [-0.2, -0.15) is 5.10 Å². The first kappa shape index (κ1) is 22.4. The summed E-state index contributed by atoms with van der Waals surface area (Å²) in [5.74, 6) is 0.639. The first-order chi connectivity index (χ1) is 17.0. The summed E-state index contributed by atoms with van der Waals surface area (Å²) in [6, 6.07) is 23.1. The Bertz CT molecular complexity index is 1440. The lowest BCUT2D eigenvalue weighted by Crippen LogP contribution is -2.26. The van der Waals surface area contributed by atoms with E-state index in [1.165, 1.54) is 0 Å². The van der Waals surface area contributed by atoms with E-state index in [0.29, 0.717) is 24.5 Å². The Hall–Kier alpha value is -4.39. The molecule has 5 aromatic rings. The van der Waals surface area contributed by atoms with Crippen LogP contribution in [0.25, 0.3) is 11.3 Å². The third kappa shape index (κ3) is 4.66. The zero-order valence-corrected chi connectivity index (χ0v) is 20.0. The summed E-state index contributed by atoms with van der Waals surface area (Å²) in [6.07, 6.45) is 3.91. The molecule has 0 atom stereocenters. The smallest absolute Gasteiger partial charge is 0.253 e. The van der Waals surface area contributed by atoms with Crippen LogP contribution in [-0.2, 0) is 13.2 Å². The molecular formula is C28H27N5O2. The van der Waals surface area contributed by atoms with Gasteiger partial charge in [-0.05, 0) is 62.4 Å². The van der Waals surface area contributed by atoms with E-state index in [2.05, 4.69) is 4.98 Å². The maximum absolute atomic E-state index is 13.1. The summed E-state index contributed by atoms with van der Waals surface area (Å²) in [7, 11) is 1.81. The quantitative estimate of drug-likeness (QED) is 0.340. The molecule has 0 saturated carbocycles. The average Bonchev–Trinajstić information content (AvgIpc) is 3.43. The van der Waals surface area contributed by atoms with E-state index < -0.39 is 0 Å². The summed E-state index contributed by atoms with van der Waals surface area (Å²) in [5, 5.41) is 4.69. The van der Waals surface area contributed by atoms with Crippen molar-refractivity contribution in [1.82, 2.24) is 24.1 Å². The number of carbonyl (C=O) groups excluding carboxylic acids is 1. The first-order valence-electron chi connectivity index (χ1n) is 11.5. The first-order valence-corrected chi connectivity index (χ1v) is 11.5. The highest BCUT2D eigenvalue weighted by Gasteiger charge is 2.18. The van der Waals surface area contributed by atoms with Crippen molar-refractivity contribution in [3.63, 3.8) is 0 Å². The molecule has 5 rings (SSSR count). The fourth-order valence-electron chi connectivity index (χ4n) is 4.16. The summed E-state index contributed by atoms with van der Waals surface area (Å²) in [6.45, 7) is 4.86. The molecule has 0 aliphatic rings. The number of amides is 1. The highest BCUT2D eigenvalue weighted by Crippen LogP contribution is 2.21. The number of nitrogens with zero attached hydrogens (tertiary/aromatic N) is 5. The van der Waals surface area contributed by atoms with Gasteiger partial charge in [-0.1, -0.05) is 24.3 Å². The largest absolute Gasteiger partial charge is 0.487 e. The number of aromatic nitrogens is 4. The van der Waals surface area contributed by atoms with Gasteiger partial charge < -0.3 is 14.0 Å². The molecule has 2 aromatic carbocycles. The van der Waals surface area contributed by atoms with Gasteiger partial charge in [-0.25, -0.2) is 9.67 Å². The third-order valence-electron chi connectivity index (χ3n) is 6.09. The number of hydrogen-bond acceptors (Lipinski definition) is 4. The number of fused-ring (bicyclic) bond motifs is 1. The van der Waals surface area contributed by atoms with Crippen molar-refractivity contribution in [3.8, 4) is 11.4 Å². The average molecular weight is 466 g/mol. The summed E-state index contributed by atoms with van der Waals surface area (Å²) in [5.41, 5.74) is 6.35. The lowest BCUT2D eigenvalue weighted by atomic mass is 10.1. The standard InChI is InChI=1S/C28H27N5O2/c1-20-26(21(2)33(30-20)24-9-5-4-6-10-24)18-31(3)28(34)22-12-14-25(15-13-22)35-19-23-17-32-16-8-7-11-27(32)29-23/h4-17H,18-19H2,1-3H3. The molecule has 0 N–H and O–H groups in total. The maximum atomic E-state index is 13.1. The molecule has 0 aliphatic carbocycles. The number of aryl methyl sites for hydroxylation is 1. The van der Waals surface area contributed by atoms with Gasteiger partial charge in [0.15, 0.2) is 0 Å². The fraction of sp³-hybridized carbons (Fsp3) is 0.179. The lowest BCUT2D eigenvalue weighted by Gasteiger charge is -2.18. The van der Waals surface area contributed by atoms with E-state index in [0.717, 1.165) is 34.0 Å². The second kappa shape index (κ2) is 9.46. The van der Waals surface area contributed by atoms with E-state index in [-0.39, 0.29) is 5.91 Å². The zero-order chi connectivity index (χ0) is 24.4. The van der Waals surface area contributed by atoms with Crippen LogP contribution >= 0.6 is 0 Å². The van der Waals surface area contributed by atoms with Crippen molar-refractivity contribution in [2.45, 2.75) is 27.0 Å². The minimum atomic E-state index is -0.0526. The maximum Gasteiger partial charge on any atom is 0.253 e. The number of benzene rings is 2. The summed E-state index contributed by atoms with van der Waals surface area (Å²) < 4.78 is 9.77. The molecule has 3 aromatic heterocycles. The molecule has 1 amide bonds. The van der Waals surface area contributed by atoms with Crippen LogP contribution in [0.1, 0.15) is 33.0 Å². The highest BCUT2D eigenvalue weighted by molar-refractivity contribution is 5.94. The second-order valence-corrected chi connectivity index (χ2v) is 8.57. The van der Waals surface area contributed by atoms with Crippen LogP contribution < -0.4 is 4.74 Å². The number of ether oxygens (including phenoxy) is 1.